The average molecular weight is 238 g/mol. The number of epoxide rings is 1. The fourth-order valence-corrected chi connectivity index (χ4v) is 4.38. The second kappa shape index (κ2) is 3.57. The molecule has 0 N–H and O–H groups in total. The number of rotatable bonds is 4. The van der Waals surface area contributed by atoms with Crippen LogP contribution in [-0.2, 0) is 14.6 Å². The Labute approximate surface area is 95.3 Å². The molecule has 2 unspecified atom stereocenters. The first-order valence-electron chi connectivity index (χ1n) is 5.60. The molecule has 16 heavy (non-hydrogen) atoms. The van der Waals surface area contributed by atoms with Crippen molar-refractivity contribution >= 4 is 9.84 Å². The zero-order valence-electron chi connectivity index (χ0n) is 8.87. The van der Waals surface area contributed by atoms with Crippen LogP contribution in [0.3, 0.4) is 0 Å². The molecule has 0 aromatic heterocycles. The standard InChI is InChI=1S/C12H14O3S/c13-16(14,10-4-2-1-3-5-10)12(9-6-7-9)11-8-15-11/h1-5,9,11-12H,6-8H2. The lowest BCUT2D eigenvalue weighted by Gasteiger charge is -2.14. The topological polar surface area (TPSA) is 46.7 Å². The van der Waals surface area contributed by atoms with E-state index in [4.69, 9.17) is 4.74 Å². The van der Waals surface area contributed by atoms with Crippen LogP contribution in [0.25, 0.3) is 0 Å². The highest BCUT2D eigenvalue weighted by Gasteiger charge is 2.50. The summed E-state index contributed by atoms with van der Waals surface area (Å²) in [5.41, 5.74) is 0. The molecule has 1 saturated carbocycles. The van der Waals surface area contributed by atoms with E-state index in [2.05, 4.69) is 0 Å². The molecule has 2 atom stereocenters. The molecule has 1 aromatic carbocycles. The van der Waals surface area contributed by atoms with E-state index in [1.54, 1.807) is 24.3 Å². The fraction of sp³-hybridized carbons (Fsp3) is 0.500. The first-order chi connectivity index (χ1) is 7.69. The molecule has 0 spiro atoms. The van der Waals surface area contributed by atoms with E-state index in [1.165, 1.54) is 0 Å². The molecule has 86 valence electrons. The van der Waals surface area contributed by atoms with Gasteiger partial charge in [0.2, 0.25) is 0 Å². The Hall–Kier alpha value is -0.870. The van der Waals surface area contributed by atoms with Crippen LogP contribution >= 0.6 is 0 Å². The Balaban J connectivity index is 1.97. The van der Waals surface area contributed by atoms with Crippen molar-refractivity contribution in [1.29, 1.82) is 0 Å². The second-order valence-electron chi connectivity index (χ2n) is 4.53. The molecule has 1 aliphatic heterocycles. The molecule has 1 aromatic rings. The summed E-state index contributed by atoms with van der Waals surface area (Å²) in [7, 11) is -3.20. The zero-order chi connectivity index (χ0) is 11.2. The quantitative estimate of drug-likeness (QED) is 0.749. The summed E-state index contributed by atoms with van der Waals surface area (Å²) in [6, 6.07) is 8.72. The molecule has 2 aliphatic rings. The van der Waals surface area contributed by atoms with Gasteiger partial charge in [-0.15, -0.1) is 0 Å². The summed E-state index contributed by atoms with van der Waals surface area (Å²) in [4.78, 5) is 0.433. The minimum absolute atomic E-state index is 0.0577. The van der Waals surface area contributed by atoms with Crippen molar-refractivity contribution < 1.29 is 13.2 Å². The van der Waals surface area contributed by atoms with E-state index in [1.807, 2.05) is 6.07 Å². The first kappa shape index (κ1) is 10.3. The molecule has 3 rings (SSSR count). The third kappa shape index (κ3) is 1.76. The lowest BCUT2D eigenvalue weighted by molar-refractivity contribution is 0.385. The number of hydrogen-bond acceptors (Lipinski definition) is 3. The predicted molar refractivity (Wildman–Crippen MR) is 59.9 cm³/mol. The second-order valence-corrected chi connectivity index (χ2v) is 6.64. The van der Waals surface area contributed by atoms with E-state index in [0.717, 1.165) is 12.8 Å². The van der Waals surface area contributed by atoms with Gasteiger partial charge in [0.05, 0.1) is 22.9 Å². The van der Waals surface area contributed by atoms with Crippen molar-refractivity contribution in [2.45, 2.75) is 29.1 Å². The van der Waals surface area contributed by atoms with E-state index >= 15 is 0 Å². The summed E-state index contributed by atoms with van der Waals surface area (Å²) < 4.78 is 30.0. The monoisotopic (exact) mass is 238 g/mol. The summed E-state index contributed by atoms with van der Waals surface area (Å²) >= 11 is 0. The summed E-state index contributed by atoms with van der Waals surface area (Å²) in [6.07, 6.45) is 1.99. The van der Waals surface area contributed by atoms with Gasteiger partial charge >= 0.3 is 0 Å². The largest absolute Gasteiger partial charge is 0.372 e. The molecule has 0 amide bonds. The summed E-state index contributed by atoms with van der Waals surface area (Å²) in [5.74, 6) is 0.317. The smallest absolute Gasteiger partial charge is 0.184 e. The Bertz CT molecular complexity index is 460. The van der Waals surface area contributed by atoms with Crippen molar-refractivity contribution in [2.75, 3.05) is 6.61 Å². The van der Waals surface area contributed by atoms with Crippen LogP contribution in [0.2, 0.25) is 0 Å². The van der Waals surface area contributed by atoms with Gasteiger partial charge in [-0.3, -0.25) is 0 Å². The van der Waals surface area contributed by atoms with Crippen LogP contribution in [0, 0.1) is 5.92 Å². The lowest BCUT2D eigenvalue weighted by atomic mass is 10.2. The van der Waals surface area contributed by atoms with Gasteiger partial charge in [0.25, 0.3) is 0 Å². The highest BCUT2D eigenvalue weighted by Crippen LogP contribution is 2.43. The van der Waals surface area contributed by atoms with Crippen LogP contribution in [0.1, 0.15) is 12.8 Å². The number of hydrogen-bond donors (Lipinski definition) is 0. The minimum Gasteiger partial charge on any atom is -0.372 e. The third-order valence-corrected chi connectivity index (χ3v) is 5.58. The molecule has 4 heteroatoms. The van der Waals surface area contributed by atoms with Gasteiger partial charge in [0, 0.05) is 0 Å². The molecular weight excluding hydrogens is 224 g/mol. The van der Waals surface area contributed by atoms with Gasteiger partial charge in [0.15, 0.2) is 9.84 Å². The van der Waals surface area contributed by atoms with Crippen molar-refractivity contribution in [3.63, 3.8) is 0 Å². The van der Waals surface area contributed by atoms with E-state index in [9.17, 15) is 8.42 Å². The van der Waals surface area contributed by atoms with Crippen LogP contribution in [0.4, 0.5) is 0 Å². The SMILES string of the molecule is O=S(=O)(c1ccccc1)C(C1CC1)C1CO1. The average Bonchev–Trinajstić information content (AvgIpc) is 3.12. The van der Waals surface area contributed by atoms with Gasteiger partial charge in [-0.1, -0.05) is 18.2 Å². The van der Waals surface area contributed by atoms with Crippen molar-refractivity contribution in [3.05, 3.63) is 30.3 Å². The van der Waals surface area contributed by atoms with Gasteiger partial charge in [-0.25, -0.2) is 8.42 Å². The third-order valence-electron chi connectivity index (χ3n) is 3.24. The molecular formula is C12H14O3S. The summed E-state index contributed by atoms with van der Waals surface area (Å²) in [6.45, 7) is 0.604. The number of ether oxygens (including phenoxy) is 1. The molecule has 1 aliphatic carbocycles. The number of benzene rings is 1. The maximum Gasteiger partial charge on any atom is 0.184 e. The summed E-state index contributed by atoms with van der Waals surface area (Å²) in [5, 5.41) is -0.310. The van der Waals surface area contributed by atoms with Crippen LogP contribution < -0.4 is 0 Å². The van der Waals surface area contributed by atoms with Crippen molar-refractivity contribution in [2.24, 2.45) is 5.92 Å². The Morgan fingerprint density at radius 3 is 2.31 bits per heavy atom. The molecule has 0 bridgehead atoms. The van der Waals surface area contributed by atoms with E-state index < -0.39 is 9.84 Å². The van der Waals surface area contributed by atoms with Gasteiger partial charge in [-0.2, -0.15) is 0 Å². The highest BCUT2D eigenvalue weighted by atomic mass is 32.2. The predicted octanol–water partition coefficient (Wildman–Crippen LogP) is 1.64. The minimum atomic E-state index is -3.20. The molecule has 1 heterocycles. The maximum absolute atomic E-state index is 12.4. The van der Waals surface area contributed by atoms with Gasteiger partial charge < -0.3 is 4.74 Å². The van der Waals surface area contributed by atoms with Gasteiger partial charge in [-0.05, 0) is 30.9 Å². The fourth-order valence-electron chi connectivity index (χ4n) is 2.19. The Kier molecular flexibility index (Phi) is 2.30. The Morgan fingerprint density at radius 2 is 1.81 bits per heavy atom. The van der Waals surface area contributed by atoms with Crippen molar-refractivity contribution in [1.82, 2.24) is 0 Å². The first-order valence-corrected chi connectivity index (χ1v) is 7.15. The van der Waals surface area contributed by atoms with Crippen molar-refractivity contribution in [3.8, 4) is 0 Å². The van der Waals surface area contributed by atoms with Crippen LogP contribution in [0.15, 0.2) is 35.2 Å². The van der Waals surface area contributed by atoms with E-state index in [0.29, 0.717) is 17.4 Å². The zero-order valence-corrected chi connectivity index (χ0v) is 9.69. The lowest BCUT2D eigenvalue weighted by Crippen LogP contribution is -2.29. The highest BCUT2D eigenvalue weighted by molar-refractivity contribution is 7.92. The van der Waals surface area contributed by atoms with Crippen LogP contribution in [-0.4, -0.2) is 26.4 Å². The normalized spacial score (nSPS) is 26.4. The van der Waals surface area contributed by atoms with Gasteiger partial charge in [0.1, 0.15) is 0 Å². The molecule has 2 fully saturated rings. The maximum atomic E-state index is 12.4. The molecule has 1 saturated heterocycles. The molecule has 3 nitrogen and oxygen atoms in total. The van der Waals surface area contributed by atoms with Crippen LogP contribution in [0.5, 0.6) is 0 Å². The molecule has 0 radical (unpaired) electrons. The Morgan fingerprint density at radius 1 is 1.19 bits per heavy atom. The van der Waals surface area contributed by atoms with E-state index in [-0.39, 0.29) is 11.4 Å². The number of sulfone groups is 1.